The molecule has 4 atom stereocenters. The van der Waals surface area contributed by atoms with E-state index >= 15 is 0 Å². The molecular weight excluding hydrogens is 306 g/mol. The third-order valence-corrected chi connectivity index (χ3v) is 6.72. The van der Waals surface area contributed by atoms with Gasteiger partial charge in [-0.25, -0.2) is 0 Å². The van der Waals surface area contributed by atoms with Crippen LogP contribution in [0, 0.1) is 5.92 Å². The van der Waals surface area contributed by atoms with Gasteiger partial charge in [-0.05, 0) is 36.8 Å². The maximum absolute atomic E-state index is 12.7. The molecule has 5 heteroatoms. The zero-order valence-electron chi connectivity index (χ0n) is 14.0. The van der Waals surface area contributed by atoms with E-state index in [1.165, 1.54) is 11.1 Å². The lowest BCUT2D eigenvalue weighted by molar-refractivity contribution is -0.146. The van der Waals surface area contributed by atoms with Crippen molar-refractivity contribution in [3.05, 3.63) is 23.3 Å². The quantitative estimate of drug-likeness (QED) is 0.790. The van der Waals surface area contributed by atoms with E-state index in [0.29, 0.717) is 18.9 Å². The van der Waals surface area contributed by atoms with Crippen LogP contribution in [0.1, 0.15) is 37.3 Å². The summed E-state index contributed by atoms with van der Waals surface area (Å²) in [5, 5.41) is 0. The van der Waals surface area contributed by atoms with Gasteiger partial charge in [0.15, 0.2) is 23.4 Å². The minimum absolute atomic E-state index is 0.138. The lowest BCUT2D eigenvalue weighted by Gasteiger charge is -2.57. The highest BCUT2D eigenvalue weighted by Gasteiger charge is 2.66. The van der Waals surface area contributed by atoms with Gasteiger partial charge in [0.2, 0.25) is 5.91 Å². The van der Waals surface area contributed by atoms with Crippen molar-refractivity contribution < 1.29 is 19.1 Å². The van der Waals surface area contributed by atoms with Gasteiger partial charge in [0.25, 0.3) is 0 Å². The minimum Gasteiger partial charge on any atom is -0.493 e. The predicted molar refractivity (Wildman–Crippen MR) is 86.3 cm³/mol. The van der Waals surface area contributed by atoms with Crippen molar-refractivity contribution in [3.8, 4) is 11.5 Å². The highest BCUT2D eigenvalue weighted by atomic mass is 16.5. The Bertz CT molecular complexity index is 773. The Morgan fingerprint density at radius 2 is 2.25 bits per heavy atom. The number of likely N-dealkylation sites (tertiary alicyclic amines) is 1. The van der Waals surface area contributed by atoms with Crippen molar-refractivity contribution in [2.75, 3.05) is 13.7 Å². The highest BCUT2D eigenvalue weighted by Crippen LogP contribution is 2.63. The van der Waals surface area contributed by atoms with Gasteiger partial charge in [-0.15, -0.1) is 0 Å². The molecule has 1 saturated carbocycles. The number of hydrogen-bond donors (Lipinski definition) is 0. The molecule has 4 aliphatic rings. The highest BCUT2D eigenvalue weighted by molar-refractivity contribution is 5.89. The largest absolute Gasteiger partial charge is 0.493 e. The SMILES string of the molecule is COc1ccc2c3c1OC1C(=O)CC[C@@H]4[C@H](C2)N(C(C)=O)CC[C@@]314. The van der Waals surface area contributed by atoms with Crippen LogP contribution < -0.4 is 9.47 Å². The Morgan fingerprint density at radius 1 is 1.42 bits per heavy atom. The first kappa shape index (κ1) is 14.3. The van der Waals surface area contributed by atoms with Crippen LogP contribution in [0.4, 0.5) is 0 Å². The number of hydrogen-bond acceptors (Lipinski definition) is 4. The fourth-order valence-corrected chi connectivity index (χ4v) is 5.87. The van der Waals surface area contributed by atoms with Crippen LogP contribution in [0.3, 0.4) is 0 Å². The van der Waals surface area contributed by atoms with Crippen molar-refractivity contribution in [2.45, 2.75) is 50.2 Å². The Balaban J connectivity index is 1.77. The Kier molecular flexibility index (Phi) is 2.70. The normalized spacial score (nSPS) is 35.3. The molecule has 1 unspecified atom stereocenters. The fourth-order valence-electron chi connectivity index (χ4n) is 5.87. The third-order valence-electron chi connectivity index (χ3n) is 6.72. The van der Waals surface area contributed by atoms with Gasteiger partial charge in [0.1, 0.15) is 0 Å². The molecule has 126 valence electrons. The lowest BCUT2D eigenvalue weighted by atomic mass is 9.51. The van der Waals surface area contributed by atoms with Gasteiger partial charge in [-0.1, -0.05) is 6.07 Å². The second-order valence-corrected chi connectivity index (χ2v) is 7.51. The van der Waals surface area contributed by atoms with E-state index in [9.17, 15) is 9.59 Å². The summed E-state index contributed by atoms with van der Waals surface area (Å²) < 4.78 is 11.7. The standard InChI is InChI=1S/C19H21NO4/c1-10(21)20-8-7-19-12-4-5-14(22)18(19)24-17-15(23-2)6-3-11(16(17)19)9-13(12)20/h3,6,12-13,18H,4-5,7-9H2,1-2H3/t12-,13+,18?,19-/m1/s1. The molecule has 2 aliphatic carbocycles. The number of Topliss-reactive ketones (excluding diaryl/α,β-unsaturated/α-hetero) is 1. The van der Waals surface area contributed by atoms with E-state index in [2.05, 4.69) is 6.07 Å². The molecule has 1 aromatic rings. The second kappa shape index (κ2) is 4.52. The number of nitrogens with zero attached hydrogens (tertiary/aromatic N) is 1. The van der Waals surface area contributed by atoms with Gasteiger partial charge in [0.05, 0.1) is 12.5 Å². The van der Waals surface area contributed by atoms with Crippen LogP contribution in [-0.2, 0) is 21.4 Å². The van der Waals surface area contributed by atoms with Crippen LogP contribution in [0.15, 0.2) is 12.1 Å². The number of carbonyl (C=O) groups excluding carboxylic acids is 2. The molecular formula is C19H21NO4. The van der Waals surface area contributed by atoms with Crippen LogP contribution in [0.5, 0.6) is 11.5 Å². The summed E-state index contributed by atoms with van der Waals surface area (Å²) >= 11 is 0. The molecule has 1 saturated heterocycles. The van der Waals surface area contributed by atoms with Crippen molar-refractivity contribution in [1.29, 1.82) is 0 Å². The van der Waals surface area contributed by atoms with E-state index in [1.54, 1.807) is 14.0 Å². The number of rotatable bonds is 1. The number of benzene rings is 1. The van der Waals surface area contributed by atoms with Gasteiger partial charge < -0.3 is 14.4 Å². The topological polar surface area (TPSA) is 55.8 Å². The van der Waals surface area contributed by atoms with E-state index in [4.69, 9.17) is 9.47 Å². The average Bonchev–Trinajstić information content (AvgIpc) is 2.90. The number of amides is 1. The number of piperidine rings is 1. The minimum atomic E-state index is -0.404. The summed E-state index contributed by atoms with van der Waals surface area (Å²) in [5.41, 5.74) is 2.16. The lowest BCUT2D eigenvalue weighted by Crippen LogP contribution is -2.66. The maximum Gasteiger partial charge on any atom is 0.219 e. The molecule has 2 heterocycles. The second-order valence-electron chi connectivity index (χ2n) is 7.51. The molecule has 2 aliphatic heterocycles. The summed E-state index contributed by atoms with van der Waals surface area (Å²) in [7, 11) is 1.64. The summed E-state index contributed by atoms with van der Waals surface area (Å²) in [6.45, 7) is 2.36. The van der Waals surface area contributed by atoms with E-state index in [-0.39, 0.29) is 23.1 Å². The van der Waals surface area contributed by atoms with Gasteiger partial charge in [-0.2, -0.15) is 0 Å². The smallest absolute Gasteiger partial charge is 0.219 e. The van der Waals surface area contributed by atoms with Gasteiger partial charge >= 0.3 is 0 Å². The van der Waals surface area contributed by atoms with E-state index < -0.39 is 6.10 Å². The first-order valence-corrected chi connectivity index (χ1v) is 8.75. The van der Waals surface area contributed by atoms with Gasteiger partial charge in [0, 0.05) is 31.5 Å². The molecule has 1 aromatic carbocycles. The van der Waals surface area contributed by atoms with Crippen LogP contribution >= 0.6 is 0 Å². The van der Waals surface area contributed by atoms with Crippen LogP contribution in [0.2, 0.25) is 0 Å². The third kappa shape index (κ3) is 1.47. The molecule has 1 amide bonds. The Labute approximate surface area is 140 Å². The fraction of sp³-hybridized carbons (Fsp3) is 0.579. The molecule has 1 spiro atoms. The molecule has 24 heavy (non-hydrogen) atoms. The van der Waals surface area contributed by atoms with Crippen molar-refractivity contribution >= 4 is 11.7 Å². The van der Waals surface area contributed by atoms with Crippen molar-refractivity contribution in [2.24, 2.45) is 5.92 Å². The molecule has 0 aromatic heterocycles. The Hall–Kier alpha value is -2.04. The number of ether oxygens (including phenoxy) is 2. The number of methoxy groups -OCH3 is 1. The van der Waals surface area contributed by atoms with Crippen molar-refractivity contribution in [1.82, 2.24) is 4.90 Å². The van der Waals surface area contributed by atoms with E-state index in [0.717, 1.165) is 30.8 Å². The summed E-state index contributed by atoms with van der Waals surface area (Å²) in [5.74, 6) is 2.14. The van der Waals surface area contributed by atoms with Gasteiger partial charge in [-0.3, -0.25) is 9.59 Å². The molecule has 2 bridgehead atoms. The molecule has 0 radical (unpaired) electrons. The number of carbonyl (C=O) groups is 2. The summed E-state index contributed by atoms with van der Waals surface area (Å²) in [6, 6.07) is 4.21. The average molecular weight is 327 g/mol. The Morgan fingerprint density at radius 3 is 3.00 bits per heavy atom. The summed E-state index contributed by atoms with van der Waals surface area (Å²) in [6.07, 6.45) is 2.65. The van der Waals surface area contributed by atoms with Crippen LogP contribution in [-0.4, -0.2) is 42.4 Å². The molecule has 0 N–H and O–H groups in total. The maximum atomic E-state index is 12.7. The first-order valence-electron chi connectivity index (χ1n) is 8.75. The first-order chi connectivity index (χ1) is 11.6. The predicted octanol–water partition coefficient (Wildman–Crippen LogP) is 1.85. The molecule has 2 fully saturated rings. The van der Waals surface area contributed by atoms with E-state index in [1.807, 2.05) is 11.0 Å². The van der Waals surface area contributed by atoms with Crippen LogP contribution in [0.25, 0.3) is 0 Å². The summed E-state index contributed by atoms with van der Waals surface area (Å²) in [4.78, 5) is 26.9. The zero-order valence-corrected chi connectivity index (χ0v) is 14.0. The van der Waals surface area contributed by atoms with Crippen molar-refractivity contribution in [3.63, 3.8) is 0 Å². The molecule has 5 nitrogen and oxygen atoms in total. The monoisotopic (exact) mass is 327 g/mol. The molecule has 5 rings (SSSR count). The number of ketones is 1. The zero-order chi connectivity index (χ0) is 16.6.